The molecule has 0 saturated heterocycles. The Morgan fingerprint density at radius 2 is 2.00 bits per heavy atom. The van der Waals surface area contributed by atoms with Gasteiger partial charge in [0.25, 0.3) is 10.2 Å². The van der Waals surface area contributed by atoms with Gasteiger partial charge in [-0.2, -0.15) is 17.4 Å². The lowest BCUT2D eigenvalue weighted by Gasteiger charge is -2.12. The van der Waals surface area contributed by atoms with Gasteiger partial charge < -0.3 is 14.8 Å². The molecule has 0 aliphatic carbocycles. The molecule has 0 saturated carbocycles. The molecule has 0 spiro atoms. The fourth-order valence-electron chi connectivity index (χ4n) is 1.47. The number of rotatable bonds is 5. The van der Waals surface area contributed by atoms with Gasteiger partial charge >= 0.3 is 0 Å². The molecule has 1 heterocycles. The second kappa shape index (κ2) is 5.65. The Bertz CT molecular complexity index is 614. The van der Waals surface area contributed by atoms with Crippen molar-refractivity contribution in [3.8, 4) is 11.5 Å². The quantitative estimate of drug-likeness (QED) is 0.781. The molecule has 0 unspecified atom stereocenters. The number of carbonyl (C=O) groups excluding carboxylic acids is 1. The summed E-state index contributed by atoms with van der Waals surface area (Å²) in [6.07, 6.45) is 0. The van der Waals surface area contributed by atoms with E-state index in [2.05, 4.69) is 10.0 Å². The second-order valence-corrected chi connectivity index (χ2v) is 6.19. The molecule has 0 fully saturated rings. The van der Waals surface area contributed by atoms with Crippen molar-refractivity contribution in [2.24, 2.45) is 0 Å². The minimum absolute atomic E-state index is 0.148. The van der Waals surface area contributed by atoms with Gasteiger partial charge in [0.1, 0.15) is 0 Å². The standard InChI is InChI=1S/C11H15N3O5S/c1-14(2)20(16,17)12-6-11(15)13-8-3-4-9-10(5-8)19-7-18-9/h3-5,12H,6-7H2,1-2H3,(H,13,15). The zero-order valence-corrected chi connectivity index (χ0v) is 11.9. The molecule has 2 N–H and O–H groups in total. The molecule has 1 aliphatic heterocycles. The first-order valence-electron chi connectivity index (χ1n) is 5.75. The first-order chi connectivity index (χ1) is 9.38. The zero-order chi connectivity index (χ0) is 14.8. The number of anilines is 1. The molecule has 0 aromatic heterocycles. The molecule has 1 amide bonds. The molecule has 1 aromatic carbocycles. The Hall–Kier alpha value is -1.84. The lowest BCUT2D eigenvalue weighted by molar-refractivity contribution is -0.115. The van der Waals surface area contributed by atoms with E-state index >= 15 is 0 Å². The van der Waals surface area contributed by atoms with E-state index in [1.165, 1.54) is 14.1 Å². The number of benzene rings is 1. The highest BCUT2D eigenvalue weighted by atomic mass is 32.2. The van der Waals surface area contributed by atoms with Crippen LogP contribution in [-0.4, -0.2) is 46.1 Å². The highest BCUT2D eigenvalue weighted by Gasteiger charge is 2.16. The summed E-state index contributed by atoms with van der Waals surface area (Å²) in [6, 6.07) is 4.93. The van der Waals surface area contributed by atoms with Crippen molar-refractivity contribution >= 4 is 21.8 Å². The molecule has 110 valence electrons. The number of nitrogens with zero attached hydrogens (tertiary/aromatic N) is 1. The van der Waals surface area contributed by atoms with Crippen LogP contribution in [0.4, 0.5) is 5.69 Å². The van der Waals surface area contributed by atoms with Crippen molar-refractivity contribution in [2.75, 3.05) is 32.7 Å². The number of amides is 1. The molecule has 9 heteroatoms. The molecular formula is C11H15N3O5S. The van der Waals surface area contributed by atoms with Crippen molar-refractivity contribution in [1.29, 1.82) is 0 Å². The van der Waals surface area contributed by atoms with Crippen LogP contribution in [0.3, 0.4) is 0 Å². The van der Waals surface area contributed by atoms with Crippen molar-refractivity contribution in [3.63, 3.8) is 0 Å². The lowest BCUT2D eigenvalue weighted by atomic mass is 10.3. The van der Waals surface area contributed by atoms with E-state index in [9.17, 15) is 13.2 Å². The summed E-state index contributed by atoms with van der Waals surface area (Å²) in [4.78, 5) is 11.7. The van der Waals surface area contributed by atoms with Crippen molar-refractivity contribution in [2.45, 2.75) is 0 Å². The van der Waals surface area contributed by atoms with E-state index in [1.54, 1.807) is 18.2 Å². The highest BCUT2D eigenvalue weighted by Crippen LogP contribution is 2.34. The van der Waals surface area contributed by atoms with Gasteiger partial charge in [-0.25, -0.2) is 0 Å². The van der Waals surface area contributed by atoms with E-state index in [1.807, 2.05) is 0 Å². The van der Waals surface area contributed by atoms with E-state index in [-0.39, 0.29) is 13.3 Å². The number of hydrogen-bond acceptors (Lipinski definition) is 5. The summed E-state index contributed by atoms with van der Waals surface area (Å²) < 4.78 is 36.3. The zero-order valence-electron chi connectivity index (χ0n) is 11.0. The summed E-state index contributed by atoms with van der Waals surface area (Å²) in [6.45, 7) is -0.204. The average molecular weight is 301 g/mol. The minimum Gasteiger partial charge on any atom is -0.454 e. The smallest absolute Gasteiger partial charge is 0.279 e. The second-order valence-electron chi connectivity index (χ2n) is 4.22. The van der Waals surface area contributed by atoms with Crippen LogP contribution >= 0.6 is 0 Å². The van der Waals surface area contributed by atoms with Crippen LogP contribution in [0.25, 0.3) is 0 Å². The van der Waals surface area contributed by atoms with Crippen LogP contribution in [0.5, 0.6) is 11.5 Å². The highest BCUT2D eigenvalue weighted by molar-refractivity contribution is 7.87. The van der Waals surface area contributed by atoms with Gasteiger partial charge in [0, 0.05) is 25.8 Å². The SMILES string of the molecule is CN(C)S(=O)(=O)NCC(=O)Nc1ccc2c(c1)OCO2. The Labute approximate surface area is 116 Å². The van der Waals surface area contributed by atoms with E-state index in [4.69, 9.17) is 9.47 Å². The normalized spacial score (nSPS) is 13.6. The molecule has 0 bridgehead atoms. The van der Waals surface area contributed by atoms with E-state index in [0.717, 1.165) is 4.31 Å². The average Bonchev–Trinajstić information content (AvgIpc) is 2.83. The number of carbonyl (C=O) groups is 1. The monoisotopic (exact) mass is 301 g/mol. The predicted octanol–water partition coefficient (Wildman–Crippen LogP) is -0.250. The first kappa shape index (κ1) is 14.6. The number of ether oxygens (including phenoxy) is 2. The fraction of sp³-hybridized carbons (Fsp3) is 0.364. The molecule has 1 aliphatic rings. The van der Waals surface area contributed by atoms with Gasteiger partial charge in [-0.05, 0) is 12.1 Å². The Balaban J connectivity index is 1.92. The minimum atomic E-state index is -3.62. The summed E-state index contributed by atoms with van der Waals surface area (Å²) in [5, 5.41) is 2.56. The molecule has 2 rings (SSSR count). The van der Waals surface area contributed by atoms with Crippen LogP contribution < -0.4 is 19.5 Å². The fourth-order valence-corrected chi connectivity index (χ4v) is 2.04. The van der Waals surface area contributed by atoms with Crippen LogP contribution in [-0.2, 0) is 15.0 Å². The van der Waals surface area contributed by atoms with Crippen molar-refractivity contribution in [3.05, 3.63) is 18.2 Å². The van der Waals surface area contributed by atoms with Crippen LogP contribution in [0.1, 0.15) is 0 Å². The maximum absolute atomic E-state index is 11.7. The first-order valence-corrected chi connectivity index (χ1v) is 7.19. The predicted molar refractivity (Wildman–Crippen MR) is 71.8 cm³/mol. The third-order valence-electron chi connectivity index (χ3n) is 2.55. The topological polar surface area (TPSA) is 97.0 Å². The number of fused-ring (bicyclic) bond motifs is 1. The van der Waals surface area contributed by atoms with E-state index in [0.29, 0.717) is 17.2 Å². The summed E-state index contributed by atoms with van der Waals surface area (Å²) >= 11 is 0. The molecule has 0 radical (unpaired) electrons. The molecular weight excluding hydrogens is 286 g/mol. The number of nitrogens with one attached hydrogen (secondary N) is 2. The van der Waals surface area contributed by atoms with Gasteiger partial charge in [0.2, 0.25) is 12.7 Å². The number of hydrogen-bond donors (Lipinski definition) is 2. The third kappa shape index (κ3) is 3.38. The largest absolute Gasteiger partial charge is 0.454 e. The molecule has 8 nitrogen and oxygen atoms in total. The van der Waals surface area contributed by atoms with E-state index < -0.39 is 16.1 Å². The van der Waals surface area contributed by atoms with Crippen molar-refractivity contribution in [1.82, 2.24) is 9.03 Å². The third-order valence-corrected chi connectivity index (χ3v) is 4.02. The lowest BCUT2D eigenvalue weighted by Crippen LogP contribution is -2.40. The van der Waals surface area contributed by atoms with Gasteiger partial charge in [0.15, 0.2) is 11.5 Å². The van der Waals surface area contributed by atoms with Crippen LogP contribution in [0.2, 0.25) is 0 Å². The Kier molecular flexibility index (Phi) is 4.12. The molecule has 0 atom stereocenters. The summed E-state index contributed by atoms with van der Waals surface area (Å²) in [5.41, 5.74) is 0.503. The van der Waals surface area contributed by atoms with Gasteiger partial charge in [0.05, 0.1) is 6.54 Å². The maximum atomic E-state index is 11.7. The van der Waals surface area contributed by atoms with Crippen LogP contribution in [0, 0.1) is 0 Å². The van der Waals surface area contributed by atoms with Gasteiger partial charge in [-0.1, -0.05) is 0 Å². The Morgan fingerprint density at radius 3 is 2.70 bits per heavy atom. The Morgan fingerprint density at radius 1 is 1.30 bits per heavy atom. The van der Waals surface area contributed by atoms with Crippen molar-refractivity contribution < 1.29 is 22.7 Å². The van der Waals surface area contributed by atoms with Crippen LogP contribution in [0.15, 0.2) is 18.2 Å². The maximum Gasteiger partial charge on any atom is 0.279 e. The van der Waals surface area contributed by atoms with Gasteiger partial charge in [-0.3, -0.25) is 4.79 Å². The molecule has 20 heavy (non-hydrogen) atoms. The summed E-state index contributed by atoms with van der Waals surface area (Å²) in [5.74, 6) is 0.669. The summed E-state index contributed by atoms with van der Waals surface area (Å²) in [7, 11) is -0.871. The van der Waals surface area contributed by atoms with Gasteiger partial charge in [-0.15, -0.1) is 0 Å². The molecule has 1 aromatic rings.